The lowest BCUT2D eigenvalue weighted by molar-refractivity contribution is -0.137. The van der Waals surface area contributed by atoms with Crippen LogP contribution >= 0.6 is 0 Å². The van der Waals surface area contributed by atoms with E-state index >= 15 is 0 Å². The molecule has 0 heterocycles. The number of carbonyl (C=O) groups is 1. The molecule has 0 bridgehead atoms. The zero-order chi connectivity index (χ0) is 30.5. The molecular formula is C38H79NO2. The fourth-order valence-electron chi connectivity index (χ4n) is 5.64. The Bertz CT molecular complexity index is 465. The van der Waals surface area contributed by atoms with Crippen LogP contribution in [0.15, 0.2) is 0 Å². The van der Waals surface area contributed by atoms with Crippen LogP contribution in [-0.4, -0.2) is 17.6 Å². The van der Waals surface area contributed by atoms with Crippen LogP contribution in [-0.2, 0) is 4.79 Å². The summed E-state index contributed by atoms with van der Waals surface area (Å²) in [7, 11) is 0. The summed E-state index contributed by atoms with van der Waals surface area (Å²) in [5, 5.41) is 8.52. The number of nitrogens with two attached hydrogens (primary N) is 1. The first-order valence-corrected chi connectivity index (χ1v) is 19.0. The van der Waals surface area contributed by atoms with Gasteiger partial charge in [-0.3, -0.25) is 4.79 Å². The summed E-state index contributed by atoms with van der Waals surface area (Å²) in [4.78, 5) is 10.3. The van der Waals surface area contributed by atoms with Crippen molar-refractivity contribution in [2.75, 3.05) is 6.54 Å². The highest BCUT2D eigenvalue weighted by Crippen LogP contribution is 2.15. The molecule has 3 N–H and O–H groups in total. The lowest BCUT2D eigenvalue weighted by atomic mass is 10.0. The molecule has 0 aromatic heterocycles. The molecule has 0 aromatic rings. The molecule has 0 aromatic carbocycles. The summed E-state index contributed by atoms with van der Waals surface area (Å²) in [5.74, 6) is 0.241. The van der Waals surface area contributed by atoms with Gasteiger partial charge in [-0.2, -0.15) is 0 Å². The summed E-state index contributed by atoms with van der Waals surface area (Å²) in [6, 6.07) is 0. The van der Waals surface area contributed by atoms with Crippen molar-refractivity contribution in [1.29, 1.82) is 0 Å². The molecule has 0 rings (SSSR count). The third-order valence-corrected chi connectivity index (χ3v) is 8.48. The van der Waals surface area contributed by atoms with E-state index in [2.05, 4.69) is 20.8 Å². The summed E-state index contributed by atoms with van der Waals surface area (Å²) in [5.41, 5.74) is 5.49. The lowest BCUT2D eigenvalue weighted by Crippen LogP contribution is -1.97. The van der Waals surface area contributed by atoms with E-state index in [1.165, 1.54) is 186 Å². The van der Waals surface area contributed by atoms with Gasteiger partial charge in [0.2, 0.25) is 0 Å². The van der Waals surface area contributed by atoms with Crippen molar-refractivity contribution in [1.82, 2.24) is 0 Å². The number of carboxylic acid groups (broad SMARTS) is 1. The quantitative estimate of drug-likeness (QED) is 0.0757. The van der Waals surface area contributed by atoms with Crippen LogP contribution in [0, 0.1) is 5.92 Å². The number of rotatable bonds is 33. The first-order valence-electron chi connectivity index (χ1n) is 19.0. The zero-order valence-electron chi connectivity index (χ0n) is 28.8. The Kier molecular flexibility index (Phi) is 40.9. The highest BCUT2D eigenvalue weighted by atomic mass is 16.4. The van der Waals surface area contributed by atoms with Crippen LogP contribution < -0.4 is 5.73 Å². The molecule has 248 valence electrons. The van der Waals surface area contributed by atoms with Gasteiger partial charge in [-0.05, 0) is 25.3 Å². The molecule has 0 saturated heterocycles. The van der Waals surface area contributed by atoms with Gasteiger partial charge in [0.15, 0.2) is 0 Å². The minimum absolute atomic E-state index is 0.345. The van der Waals surface area contributed by atoms with Crippen LogP contribution in [0.4, 0.5) is 0 Å². The van der Waals surface area contributed by atoms with Crippen molar-refractivity contribution in [3.05, 3.63) is 0 Å². The second kappa shape index (κ2) is 39.4. The Labute approximate surface area is 260 Å². The van der Waals surface area contributed by atoms with Gasteiger partial charge in [0.05, 0.1) is 0 Å². The maximum Gasteiger partial charge on any atom is 0.303 e. The molecule has 0 radical (unpaired) electrons. The minimum atomic E-state index is -0.653. The molecule has 0 fully saturated rings. The molecule has 0 saturated carbocycles. The molecular weight excluding hydrogens is 502 g/mol. The second-order valence-electron chi connectivity index (χ2n) is 13.4. The van der Waals surface area contributed by atoms with Crippen molar-refractivity contribution in [2.45, 2.75) is 226 Å². The zero-order valence-corrected chi connectivity index (χ0v) is 28.8. The van der Waals surface area contributed by atoms with Crippen molar-refractivity contribution in [3.8, 4) is 0 Å². The van der Waals surface area contributed by atoms with E-state index in [0.717, 1.165) is 25.3 Å². The molecule has 0 aliphatic rings. The van der Waals surface area contributed by atoms with Crippen LogP contribution in [0.25, 0.3) is 0 Å². The third-order valence-electron chi connectivity index (χ3n) is 8.48. The number of aliphatic carboxylic acids is 1. The fraction of sp³-hybridized carbons (Fsp3) is 0.974. The topological polar surface area (TPSA) is 63.3 Å². The Morgan fingerprint density at radius 2 is 0.732 bits per heavy atom. The average molecular weight is 582 g/mol. The Morgan fingerprint density at radius 3 is 1.00 bits per heavy atom. The minimum Gasteiger partial charge on any atom is -0.481 e. The van der Waals surface area contributed by atoms with Crippen LogP contribution in [0.1, 0.15) is 226 Å². The van der Waals surface area contributed by atoms with Crippen LogP contribution in [0.5, 0.6) is 0 Å². The van der Waals surface area contributed by atoms with Crippen LogP contribution in [0.2, 0.25) is 0 Å². The Balaban J connectivity index is 0. The molecule has 0 atom stereocenters. The number of unbranched alkanes of at least 4 members (excludes halogenated alkanes) is 28. The first kappa shape index (κ1) is 42.6. The predicted molar refractivity (Wildman–Crippen MR) is 185 cm³/mol. The first-order chi connectivity index (χ1) is 20.0. The van der Waals surface area contributed by atoms with E-state index in [-0.39, 0.29) is 0 Å². The van der Waals surface area contributed by atoms with Crippen molar-refractivity contribution < 1.29 is 9.90 Å². The molecule has 0 aliphatic heterocycles. The van der Waals surface area contributed by atoms with Gasteiger partial charge in [0.1, 0.15) is 0 Å². The van der Waals surface area contributed by atoms with Gasteiger partial charge >= 0.3 is 5.97 Å². The number of hydrogen-bond acceptors (Lipinski definition) is 2. The van der Waals surface area contributed by atoms with E-state index < -0.39 is 5.97 Å². The Morgan fingerprint density at radius 1 is 0.463 bits per heavy atom. The van der Waals surface area contributed by atoms with Crippen molar-refractivity contribution >= 4 is 5.97 Å². The smallest absolute Gasteiger partial charge is 0.303 e. The number of hydrogen-bond donors (Lipinski definition) is 2. The van der Waals surface area contributed by atoms with Gasteiger partial charge in [-0.15, -0.1) is 0 Å². The fourth-order valence-corrected chi connectivity index (χ4v) is 5.64. The normalized spacial score (nSPS) is 11.1. The molecule has 3 nitrogen and oxygen atoms in total. The summed E-state index contributed by atoms with van der Waals surface area (Å²) >= 11 is 0. The molecule has 0 aliphatic carbocycles. The summed E-state index contributed by atoms with van der Waals surface area (Å²) in [6.45, 7) is 7.81. The molecule has 0 spiro atoms. The summed E-state index contributed by atoms with van der Waals surface area (Å²) < 4.78 is 0. The van der Waals surface area contributed by atoms with Crippen LogP contribution in [0.3, 0.4) is 0 Å². The van der Waals surface area contributed by atoms with E-state index in [1.807, 2.05) is 0 Å². The average Bonchev–Trinajstić information content (AvgIpc) is 2.95. The van der Waals surface area contributed by atoms with Gasteiger partial charge in [0, 0.05) is 6.42 Å². The predicted octanol–water partition coefficient (Wildman–Crippen LogP) is 13.2. The van der Waals surface area contributed by atoms with E-state index in [4.69, 9.17) is 10.8 Å². The van der Waals surface area contributed by atoms with E-state index in [9.17, 15) is 4.79 Å². The lowest BCUT2D eigenvalue weighted by Gasteiger charge is -2.05. The van der Waals surface area contributed by atoms with Gasteiger partial charge in [-0.1, -0.05) is 207 Å². The standard InChI is InChI=1S/C20H43N.C18H36O2/c1-20(2)18-16-14-12-10-8-6-4-3-5-7-9-11-13-15-17-19-21;1-2-3-4-5-6-7-8-9-10-11-12-13-14-15-16-17-18(19)20/h20H,3-19,21H2,1-2H3;2-17H2,1H3,(H,19,20). The van der Waals surface area contributed by atoms with Crippen molar-refractivity contribution in [3.63, 3.8) is 0 Å². The van der Waals surface area contributed by atoms with Crippen molar-refractivity contribution in [2.24, 2.45) is 11.7 Å². The van der Waals surface area contributed by atoms with E-state index in [0.29, 0.717) is 6.42 Å². The SMILES string of the molecule is CC(C)CCCCCCCCCCCCCCCCCN.CCCCCCCCCCCCCCCCCC(=O)O. The number of carboxylic acids is 1. The highest BCUT2D eigenvalue weighted by Gasteiger charge is 1.98. The maximum atomic E-state index is 10.3. The molecule has 41 heavy (non-hydrogen) atoms. The van der Waals surface area contributed by atoms with Gasteiger partial charge in [-0.25, -0.2) is 0 Å². The molecule has 0 amide bonds. The van der Waals surface area contributed by atoms with E-state index in [1.54, 1.807) is 0 Å². The second-order valence-corrected chi connectivity index (χ2v) is 13.4. The Hall–Kier alpha value is -0.570. The summed E-state index contributed by atoms with van der Waals surface area (Å²) in [6.07, 6.45) is 43.1. The monoisotopic (exact) mass is 582 g/mol. The van der Waals surface area contributed by atoms with Gasteiger partial charge in [0.25, 0.3) is 0 Å². The highest BCUT2D eigenvalue weighted by molar-refractivity contribution is 5.66. The largest absolute Gasteiger partial charge is 0.481 e. The maximum absolute atomic E-state index is 10.3. The van der Waals surface area contributed by atoms with Gasteiger partial charge < -0.3 is 10.8 Å². The third kappa shape index (κ3) is 46.6. The molecule has 0 unspecified atom stereocenters. The molecule has 3 heteroatoms.